The van der Waals surface area contributed by atoms with Gasteiger partial charge in [-0.05, 0) is 49.2 Å². The summed E-state index contributed by atoms with van der Waals surface area (Å²) in [6.07, 6.45) is 1.84. The van der Waals surface area contributed by atoms with Crippen molar-refractivity contribution < 1.29 is 23.8 Å². The Morgan fingerprint density at radius 3 is 2.70 bits per heavy atom. The van der Waals surface area contributed by atoms with E-state index < -0.39 is 29.3 Å². The van der Waals surface area contributed by atoms with Crippen LogP contribution in [0.15, 0.2) is 72.3 Å². The third-order valence-corrected chi connectivity index (χ3v) is 7.27. The monoisotopic (exact) mass is 516 g/mol. The lowest BCUT2D eigenvalue weighted by Crippen LogP contribution is -2.29. The molecular weight excluding hydrogens is 491 g/mol. The summed E-state index contributed by atoms with van der Waals surface area (Å²) in [5.74, 6) is -2.25. The fourth-order valence-electron chi connectivity index (χ4n) is 4.37. The predicted octanol–water partition coefficient (Wildman–Crippen LogP) is 6.55. The highest BCUT2D eigenvalue weighted by Crippen LogP contribution is 2.45. The molecule has 1 unspecified atom stereocenters. The average Bonchev–Trinajstić information content (AvgIpc) is 3.42. The summed E-state index contributed by atoms with van der Waals surface area (Å²) >= 11 is 1.24. The fourth-order valence-corrected chi connectivity index (χ4v) is 5.46. The molecule has 188 valence electrons. The molecule has 6 nitrogen and oxygen atoms in total. The number of carbonyl (C=O) groups is 2. The van der Waals surface area contributed by atoms with Crippen LogP contribution in [0.2, 0.25) is 0 Å². The zero-order valence-corrected chi connectivity index (χ0v) is 21.2. The number of ether oxygens (including phenoxy) is 1. The lowest BCUT2D eigenvalue weighted by molar-refractivity contribution is -0.132. The van der Waals surface area contributed by atoms with Crippen LogP contribution in [0.1, 0.15) is 42.5 Å². The number of halogens is 1. The Morgan fingerprint density at radius 1 is 1.11 bits per heavy atom. The molecule has 1 fully saturated rings. The Labute approximate surface area is 217 Å². The minimum atomic E-state index is -1.19. The van der Waals surface area contributed by atoms with E-state index in [0.717, 1.165) is 23.1 Å². The number of unbranched alkanes of at least 4 members (excludes halogenated alkanes) is 1. The Hall–Kier alpha value is -4.04. The van der Waals surface area contributed by atoms with Crippen LogP contribution in [-0.2, 0) is 9.59 Å². The van der Waals surface area contributed by atoms with Gasteiger partial charge in [-0.15, -0.1) is 0 Å². The molecule has 37 heavy (non-hydrogen) atoms. The molecule has 1 N–H and O–H groups in total. The first-order valence-corrected chi connectivity index (χ1v) is 12.9. The second-order valence-electron chi connectivity index (χ2n) is 8.89. The van der Waals surface area contributed by atoms with E-state index in [0.29, 0.717) is 23.4 Å². The Bertz CT molecular complexity index is 1540. The minimum absolute atomic E-state index is 0.0917. The van der Waals surface area contributed by atoms with Crippen molar-refractivity contribution in [3.63, 3.8) is 0 Å². The fraction of sp³-hybridized carbons (Fsp3) is 0.207. The quantitative estimate of drug-likeness (QED) is 0.130. The van der Waals surface area contributed by atoms with Gasteiger partial charge in [-0.25, -0.2) is 9.37 Å². The number of fused-ring (bicyclic) bond motifs is 1. The van der Waals surface area contributed by atoms with Crippen LogP contribution < -0.4 is 9.64 Å². The Balaban J connectivity index is 1.66. The van der Waals surface area contributed by atoms with Crippen LogP contribution in [0.4, 0.5) is 9.52 Å². The summed E-state index contributed by atoms with van der Waals surface area (Å²) in [6, 6.07) is 17.1. The van der Waals surface area contributed by atoms with Gasteiger partial charge in [0.15, 0.2) is 5.13 Å². The molecule has 4 aromatic rings. The molecule has 2 heterocycles. The number of rotatable bonds is 7. The molecule has 0 aliphatic carbocycles. The zero-order valence-electron chi connectivity index (χ0n) is 20.4. The number of amides is 1. The normalized spacial score (nSPS) is 17.1. The number of aryl methyl sites for hydroxylation is 1. The van der Waals surface area contributed by atoms with E-state index in [9.17, 15) is 14.7 Å². The van der Waals surface area contributed by atoms with Gasteiger partial charge in [0.1, 0.15) is 23.4 Å². The number of thiazole rings is 1. The van der Waals surface area contributed by atoms with Crippen LogP contribution in [0.25, 0.3) is 16.0 Å². The van der Waals surface area contributed by atoms with Crippen LogP contribution in [0, 0.1) is 12.7 Å². The topological polar surface area (TPSA) is 79.7 Å². The number of aromatic nitrogens is 1. The lowest BCUT2D eigenvalue weighted by atomic mass is 9.95. The highest BCUT2D eigenvalue weighted by Gasteiger charge is 2.49. The third kappa shape index (κ3) is 4.60. The molecule has 5 rings (SSSR count). The first-order chi connectivity index (χ1) is 17.9. The lowest BCUT2D eigenvalue weighted by Gasteiger charge is -2.23. The molecule has 3 aromatic carbocycles. The van der Waals surface area contributed by atoms with Crippen molar-refractivity contribution in [2.45, 2.75) is 32.7 Å². The van der Waals surface area contributed by atoms with Crippen LogP contribution in [-0.4, -0.2) is 28.4 Å². The molecule has 0 saturated carbocycles. The maximum absolute atomic E-state index is 15.1. The second kappa shape index (κ2) is 10.1. The van der Waals surface area contributed by atoms with Gasteiger partial charge in [0.2, 0.25) is 0 Å². The highest BCUT2D eigenvalue weighted by atomic mass is 32.1. The number of benzene rings is 3. The molecule has 0 bridgehead atoms. The summed E-state index contributed by atoms with van der Waals surface area (Å²) in [5, 5.41) is 11.6. The molecule has 1 atom stereocenters. The van der Waals surface area contributed by atoms with E-state index in [1.165, 1.54) is 34.4 Å². The van der Waals surface area contributed by atoms with Crippen molar-refractivity contribution >= 4 is 44.1 Å². The van der Waals surface area contributed by atoms with Crippen LogP contribution in [0.5, 0.6) is 5.75 Å². The molecule has 1 aliphatic rings. The van der Waals surface area contributed by atoms with Gasteiger partial charge < -0.3 is 9.84 Å². The second-order valence-corrected chi connectivity index (χ2v) is 9.90. The van der Waals surface area contributed by atoms with Crippen molar-refractivity contribution in [2.75, 3.05) is 11.5 Å². The molecule has 0 spiro atoms. The third-order valence-electron chi connectivity index (χ3n) is 6.26. The van der Waals surface area contributed by atoms with Crippen molar-refractivity contribution in [3.05, 3.63) is 94.8 Å². The predicted molar refractivity (Wildman–Crippen MR) is 142 cm³/mol. The van der Waals surface area contributed by atoms with Crippen molar-refractivity contribution in [1.29, 1.82) is 0 Å². The summed E-state index contributed by atoms with van der Waals surface area (Å²) < 4.78 is 21.7. The zero-order chi connectivity index (χ0) is 26.1. The summed E-state index contributed by atoms with van der Waals surface area (Å²) in [5.41, 5.74) is 1.88. The standard InChI is InChI=1S/C29H25FN2O4S/c1-3-4-14-36-19-9-7-8-18(16-19)26(33)24-25(20-10-5-6-11-21(20)30)32(28(35)27(24)34)29-31-22-13-12-17(2)15-23(22)37-29/h5-13,15-16,25,33H,3-4,14H2,1-2H3/b26-24+. The molecule has 1 saturated heterocycles. The Kier molecular flexibility index (Phi) is 6.76. The van der Waals surface area contributed by atoms with Gasteiger partial charge in [0.25, 0.3) is 5.78 Å². The number of anilines is 1. The largest absolute Gasteiger partial charge is 0.507 e. The molecular formula is C29H25FN2O4S. The summed E-state index contributed by atoms with van der Waals surface area (Å²) in [4.78, 5) is 32.5. The number of hydrogen-bond donors (Lipinski definition) is 1. The first kappa shape index (κ1) is 24.6. The molecule has 8 heteroatoms. The number of Topliss-reactive ketones (excluding diaryl/α,β-unsaturated/α-hetero) is 1. The van der Waals surface area contributed by atoms with E-state index in [2.05, 4.69) is 11.9 Å². The number of aliphatic hydroxyl groups excluding tert-OH is 1. The number of carbonyl (C=O) groups excluding carboxylic acids is 2. The molecule has 0 radical (unpaired) electrons. The molecule has 1 amide bonds. The van der Waals surface area contributed by atoms with Crippen molar-refractivity contribution in [2.24, 2.45) is 0 Å². The highest BCUT2D eigenvalue weighted by molar-refractivity contribution is 7.22. The van der Waals surface area contributed by atoms with Gasteiger partial charge in [-0.2, -0.15) is 0 Å². The van der Waals surface area contributed by atoms with Crippen molar-refractivity contribution in [3.8, 4) is 5.75 Å². The van der Waals surface area contributed by atoms with Crippen LogP contribution in [0.3, 0.4) is 0 Å². The smallest absolute Gasteiger partial charge is 0.301 e. The van der Waals surface area contributed by atoms with Gasteiger partial charge in [0, 0.05) is 11.1 Å². The number of aliphatic hydroxyl groups is 1. The van der Waals surface area contributed by atoms with Gasteiger partial charge in [-0.1, -0.05) is 61.1 Å². The van der Waals surface area contributed by atoms with E-state index in [-0.39, 0.29) is 16.3 Å². The van der Waals surface area contributed by atoms with E-state index in [4.69, 9.17) is 4.74 Å². The van der Waals surface area contributed by atoms with E-state index in [1.807, 2.05) is 25.1 Å². The maximum Gasteiger partial charge on any atom is 0.301 e. The SMILES string of the molecule is CCCCOc1cccc(/C(O)=C2\C(=O)C(=O)N(c3nc4ccc(C)cc4s3)C2c2ccccc2F)c1. The summed E-state index contributed by atoms with van der Waals surface area (Å²) in [7, 11) is 0. The van der Waals surface area contributed by atoms with E-state index >= 15 is 4.39 Å². The van der Waals surface area contributed by atoms with Crippen molar-refractivity contribution in [1.82, 2.24) is 4.98 Å². The van der Waals surface area contributed by atoms with Crippen LogP contribution >= 0.6 is 11.3 Å². The maximum atomic E-state index is 15.1. The van der Waals surface area contributed by atoms with E-state index in [1.54, 1.807) is 30.3 Å². The number of ketones is 1. The Morgan fingerprint density at radius 2 is 1.92 bits per heavy atom. The van der Waals surface area contributed by atoms with Gasteiger partial charge >= 0.3 is 5.91 Å². The number of hydrogen-bond acceptors (Lipinski definition) is 6. The summed E-state index contributed by atoms with van der Waals surface area (Å²) in [6.45, 7) is 4.52. The van der Waals surface area contributed by atoms with Gasteiger partial charge in [0.05, 0.1) is 22.4 Å². The average molecular weight is 517 g/mol. The molecule has 1 aliphatic heterocycles. The molecule has 1 aromatic heterocycles. The number of nitrogens with zero attached hydrogens (tertiary/aromatic N) is 2. The van der Waals surface area contributed by atoms with Gasteiger partial charge in [-0.3, -0.25) is 14.5 Å². The first-order valence-electron chi connectivity index (χ1n) is 12.0. The minimum Gasteiger partial charge on any atom is -0.507 e.